The monoisotopic (exact) mass is 299 g/mol. The van der Waals surface area contributed by atoms with Crippen molar-refractivity contribution in [3.05, 3.63) is 18.0 Å². The van der Waals surface area contributed by atoms with Crippen molar-refractivity contribution >= 4 is 28.6 Å². The van der Waals surface area contributed by atoms with Crippen LogP contribution in [0.1, 0.15) is 5.69 Å². The molecule has 1 aliphatic heterocycles. The molecule has 9 heteroatoms. The van der Waals surface area contributed by atoms with Gasteiger partial charge in [-0.3, -0.25) is 10.2 Å². The SMILES string of the molecule is Cc1cc(Nc2nc(N3CCNCC3)nc3[nH]ncc23)n[nH]1. The van der Waals surface area contributed by atoms with Crippen LogP contribution >= 0.6 is 0 Å². The molecule has 0 aliphatic carbocycles. The van der Waals surface area contributed by atoms with Gasteiger partial charge in [0.05, 0.1) is 11.6 Å². The van der Waals surface area contributed by atoms with Gasteiger partial charge in [0.15, 0.2) is 11.5 Å². The van der Waals surface area contributed by atoms with Crippen molar-refractivity contribution in [3.63, 3.8) is 0 Å². The second kappa shape index (κ2) is 5.26. The minimum absolute atomic E-state index is 0.702. The molecule has 3 aromatic rings. The number of nitrogens with zero attached hydrogens (tertiary/aromatic N) is 5. The van der Waals surface area contributed by atoms with E-state index in [1.165, 1.54) is 0 Å². The fourth-order valence-corrected chi connectivity index (χ4v) is 2.53. The third kappa shape index (κ3) is 2.35. The molecule has 0 bridgehead atoms. The molecule has 3 aromatic heterocycles. The molecule has 0 unspecified atom stereocenters. The van der Waals surface area contributed by atoms with Crippen molar-refractivity contribution in [2.45, 2.75) is 6.92 Å². The molecule has 0 radical (unpaired) electrons. The highest BCUT2D eigenvalue weighted by Crippen LogP contribution is 2.24. The second-order valence-corrected chi connectivity index (χ2v) is 5.30. The lowest BCUT2D eigenvalue weighted by Gasteiger charge is -2.27. The van der Waals surface area contributed by atoms with Crippen molar-refractivity contribution in [1.82, 2.24) is 35.7 Å². The van der Waals surface area contributed by atoms with Crippen molar-refractivity contribution in [2.24, 2.45) is 0 Å². The molecule has 1 fully saturated rings. The zero-order valence-corrected chi connectivity index (χ0v) is 12.2. The minimum atomic E-state index is 0.702. The van der Waals surface area contributed by atoms with Crippen LogP contribution in [0, 0.1) is 6.92 Å². The minimum Gasteiger partial charge on any atom is -0.338 e. The maximum absolute atomic E-state index is 4.66. The molecular weight excluding hydrogens is 282 g/mol. The summed E-state index contributed by atoms with van der Waals surface area (Å²) >= 11 is 0. The zero-order valence-electron chi connectivity index (χ0n) is 12.2. The maximum Gasteiger partial charge on any atom is 0.229 e. The van der Waals surface area contributed by atoms with Crippen LogP contribution in [0.2, 0.25) is 0 Å². The molecular formula is C13H17N9. The van der Waals surface area contributed by atoms with Gasteiger partial charge in [0.25, 0.3) is 0 Å². The highest BCUT2D eigenvalue weighted by molar-refractivity contribution is 5.88. The van der Waals surface area contributed by atoms with Crippen LogP contribution in [0.15, 0.2) is 12.3 Å². The smallest absolute Gasteiger partial charge is 0.229 e. The summed E-state index contributed by atoms with van der Waals surface area (Å²) in [4.78, 5) is 11.4. The summed E-state index contributed by atoms with van der Waals surface area (Å²) in [7, 11) is 0. The van der Waals surface area contributed by atoms with Gasteiger partial charge in [0.2, 0.25) is 5.95 Å². The lowest BCUT2D eigenvalue weighted by molar-refractivity contribution is 0.580. The zero-order chi connectivity index (χ0) is 14.9. The Morgan fingerprint density at radius 3 is 2.82 bits per heavy atom. The fourth-order valence-electron chi connectivity index (χ4n) is 2.53. The summed E-state index contributed by atoms with van der Waals surface area (Å²) in [5.74, 6) is 2.14. The normalized spacial score (nSPS) is 15.4. The average molecular weight is 299 g/mol. The lowest BCUT2D eigenvalue weighted by Crippen LogP contribution is -2.44. The Morgan fingerprint density at radius 1 is 1.18 bits per heavy atom. The molecule has 0 aromatic carbocycles. The number of aromatic amines is 2. The molecule has 22 heavy (non-hydrogen) atoms. The van der Waals surface area contributed by atoms with Gasteiger partial charge in [-0.2, -0.15) is 20.2 Å². The highest BCUT2D eigenvalue weighted by atomic mass is 15.3. The first-order valence-electron chi connectivity index (χ1n) is 7.25. The van der Waals surface area contributed by atoms with Crippen molar-refractivity contribution in [2.75, 3.05) is 36.4 Å². The van der Waals surface area contributed by atoms with Gasteiger partial charge in [-0.15, -0.1) is 0 Å². The van der Waals surface area contributed by atoms with E-state index in [0.717, 1.165) is 48.7 Å². The van der Waals surface area contributed by atoms with Gasteiger partial charge in [0.1, 0.15) is 5.82 Å². The molecule has 0 saturated carbocycles. The molecule has 1 aliphatic rings. The van der Waals surface area contributed by atoms with Crippen molar-refractivity contribution in [1.29, 1.82) is 0 Å². The van der Waals surface area contributed by atoms with Gasteiger partial charge in [-0.1, -0.05) is 0 Å². The summed E-state index contributed by atoms with van der Waals surface area (Å²) in [5.41, 5.74) is 1.71. The Labute approximate surface area is 126 Å². The average Bonchev–Trinajstić information content (AvgIpc) is 3.17. The Morgan fingerprint density at radius 2 is 2.05 bits per heavy atom. The van der Waals surface area contributed by atoms with Crippen LogP contribution < -0.4 is 15.5 Å². The first-order chi connectivity index (χ1) is 10.8. The van der Waals surface area contributed by atoms with Crippen LogP contribution in [-0.4, -0.2) is 56.5 Å². The number of fused-ring (bicyclic) bond motifs is 1. The number of hydrogen-bond donors (Lipinski definition) is 4. The first kappa shape index (κ1) is 13.0. The summed E-state index contributed by atoms with van der Waals surface area (Å²) in [5, 5.41) is 21.5. The van der Waals surface area contributed by atoms with Gasteiger partial charge >= 0.3 is 0 Å². The van der Waals surface area contributed by atoms with E-state index in [-0.39, 0.29) is 0 Å². The summed E-state index contributed by atoms with van der Waals surface area (Å²) in [6.45, 7) is 5.61. The Hall–Kier alpha value is -2.68. The predicted octanol–water partition coefficient (Wildman–Crippen LogP) is 0.538. The second-order valence-electron chi connectivity index (χ2n) is 5.30. The van der Waals surface area contributed by atoms with E-state index in [4.69, 9.17) is 0 Å². The molecule has 4 heterocycles. The number of anilines is 3. The van der Waals surface area contributed by atoms with Crippen LogP contribution in [0.3, 0.4) is 0 Å². The Balaban J connectivity index is 1.73. The number of piperazine rings is 1. The topological polar surface area (TPSA) is 110 Å². The summed E-state index contributed by atoms with van der Waals surface area (Å²) in [6.07, 6.45) is 1.72. The lowest BCUT2D eigenvalue weighted by atomic mass is 10.3. The maximum atomic E-state index is 4.66. The van der Waals surface area contributed by atoms with Gasteiger partial charge in [0, 0.05) is 37.9 Å². The van der Waals surface area contributed by atoms with Crippen LogP contribution in [0.5, 0.6) is 0 Å². The van der Waals surface area contributed by atoms with E-state index in [2.05, 4.69) is 45.9 Å². The summed E-state index contributed by atoms with van der Waals surface area (Å²) < 4.78 is 0. The molecule has 0 spiro atoms. The number of hydrogen-bond acceptors (Lipinski definition) is 7. The molecule has 9 nitrogen and oxygen atoms in total. The fraction of sp³-hybridized carbons (Fsp3) is 0.385. The predicted molar refractivity (Wildman–Crippen MR) is 83.4 cm³/mol. The first-order valence-corrected chi connectivity index (χ1v) is 7.25. The Kier molecular flexibility index (Phi) is 3.11. The standard InChI is InChI=1S/C13H17N9/c1-8-6-10(20-19-8)16-11-9-7-15-21-12(9)18-13(17-11)22-4-2-14-3-5-22/h6-7,14H,2-5H2,1H3,(H3,15,16,17,18,19,20,21). The van der Waals surface area contributed by atoms with Crippen LogP contribution in [-0.2, 0) is 0 Å². The van der Waals surface area contributed by atoms with Crippen LogP contribution in [0.25, 0.3) is 11.0 Å². The molecule has 4 N–H and O–H groups in total. The van der Waals surface area contributed by atoms with Gasteiger partial charge in [-0.05, 0) is 6.92 Å². The van der Waals surface area contributed by atoms with E-state index in [1.807, 2.05) is 13.0 Å². The molecule has 114 valence electrons. The molecule has 0 atom stereocenters. The number of nitrogens with one attached hydrogen (secondary N) is 4. The largest absolute Gasteiger partial charge is 0.338 e. The number of aryl methyl sites for hydroxylation is 1. The molecule has 1 saturated heterocycles. The third-order valence-electron chi connectivity index (χ3n) is 3.65. The van der Waals surface area contributed by atoms with Crippen LogP contribution in [0.4, 0.5) is 17.6 Å². The van der Waals surface area contributed by atoms with Crippen molar-refractivity contribution in [3.8, 4) is 0 Å². The highest BCUT2D eigenvalue weighted by Gasteiger charge is 2.17. The molecule has 0 amide bonds. The number of H-pyrrole nitrogens is 2. The number of rotatable bonds is 3. The van der Waals surface area contributed by atoms with E-state index in [9.17, 15) is 0 Å². The summed E-state index contributed by atoms with van der Waals surface area (Å²) in [6, 6.07) is 1.93. The Bertz CT molecular complexity index is 784. The number of aromatic nitrogens is 6. The van der Waals surface area contributed by atoms with E-state index < -0.39 is 0 Å². The van der Waals surface area contributed by atoms with Crippen molar-refractivity contribution < 1.29 is 0 Å². The van der Waals surface area contributed by atoms with E-state index >= 15 is 0 Å². The van der Waals surface area contributed by atoms with Gasteiger partial charge in [-0.25, -0.2) is 0 Å². The van der Waals surface area contributed by atoms with E-state index in [0.29, 0.717) is 11.8 Å². The third-order valence-corrected chi connectivity index (χ3v) is 3.65. The van der Waals surface area contributed by atoms with Gasteiger partial charge < -0.3 is 15.5 Å². The molecule has 4 rings (SSSR count). The quantitative estimate of drug-likeness (QED) is 0.558. The van der Waals surface area contributed by atoms with E-state index in [1.54, 1.807) is 6.20 Å².